The summed E-state index contributed by atoms with van der Waals surface area (Å²) in [6, 6.07) is 5.76. The Labute approximate surface area is 124 Å². The van der Waals surface area contributed by atoms with E-state index in [2.05, 4.69) is 5.32 Å². The van der Waals surface area contributed by atoms with Crippen LogP contribution in [0.1, 0.15) is 30.4 Å². The number of aliphatic carboxylic acids is 1. The van der Waals surface area contributed by atoms with Crippen molar-refractivity contribution < 1.29 is 19.4 Å². The molecule has 2 N–H and O–H groups in total. The van der Waals surface area contributed by atoms with Gasteiger partial charge in [-0.3, -0.25) is 9.59 Å². The Balaban J connectivity index is 2.11. The molecule has 1 aliphatic rings. The maximum atomic E-state index is 12.4. The summed E-state index contributed by atoms with van der Waals surface area (Å²) in [5.74, 6) is -1.91. The van der Waals surface area contributed by atoms with E-state index in [0.29, 0.717) is 12.3 Å². The van der Waals surface area contributed by atoms with Crippen molar-refractivity contribution in [2.45, 2.75) is 39.2 Å². The highest BCUT2D eigenvalue weighted by molar-refractivity contribution is 5.95. The Bertz CT molecular complexity index is 515. The molecular weight excluding hydrogens is 270 g/mol. The Morgan fingerprint density at radius 1 is 1.33 bits per heavy atom. The molecule has 114 valence electrons. The van der Waals surface area contributed by atoms with Crippen molar-refractivity contribution in [2.24, 2.45) is 5.92 Å². The van der Waals surface area contributed by atoms with E-state index < -0.39 is 11.9 Å². The van der Waals surface area contributed by atoms with E-state index in [1.807, 2.05) is 32.0 Å². The quantitative estimate of drug-likeness (QED) is 0.874. The molecule has 1 aliphatic heterocycles. The summed E-state index contributed by atoms with van der Waals surface area (Å²) in [4.78, 5) is 23.4. The second kappa shape index (κ2) is 6.72. The van der Waals surface area contributed by atoms with Crippen LogP contribution in [0.25, 0.3) is 0 Å². The minimum atomic E-state index is -0.980. The number of anilines is 1. The second-order valence-corrected chi connectivity index (χ2v) is 5.62. The Kier molecular flexibility index (Phi) is 4.96. The number of hydrogen-bond acceptors (Lipinski definition) is 3. The van der Waals surface area contributed by atoms with E-state index in [9.17, 15) is 9.59 Å². The van der Waals surface area contributed by atoms with Gasteiger partial charge in [-0.2, -0.15) is 0 Å². The van der Waals surface area contributed by atoms with Crippen LogP contribution in [0.3, 0.4) is 0 Å². The predicted molar refractivity (Wildman–Crippen MR) is 79.3 cm³/mol. The van der Waals surface area contributed by atoms with Crippen LogP contribution >= 0.6 is 0 Å². The smallest absolute Gasteiger partial charge is 0.304 e. The van der Waals surface area contributed by atoms with E-state index in [1.165, 1.54) is 0 Å². The monoisotopic (exact) mass is 291 g/mol. The Morgan fingerprint density at radius 3 is 2.52 bits per heavy atom. The van der Waals surface area contributed by atoms with Crippen LogP contribution in [0, 0.1) is 19.8 Å². The van der Waals surface area contributed by atoms with E-state index in [0.717, 1.165) is 24.0 Å². The normalized spacial score (nSPS) is 19.2. The largest absolute Gasteiger partial charge is 0.481 e. The van der Waals surface area contributed by atoms with Gasteiger partial charge in [0, 0.05) is 12.3 Å². The maximum absolute atomic E-state index is 12.4. The van der Waals surface area contributed by atoms with Crippen LogP contribution in [0.2, 0.25) is 0 Å². The molecule has 5 heteroatoms. The van der Waals surface area contributed by atoms with Crippen molar-refractivity contribution in [1.82, 2.24) is 0 Å². The lowest BCUT2D eigenvalue weighted by Crippen LogP contribution is -2.34. The third-order valence-electron chi connectivity index (χ3n) is 3.63. The molecule has 21 heavy (non-hydrogen) atoms. The van der Waals surface area contributed by atoms with Gasteiger partial charge in [0.05, 0.1) is 18.4 Å². The molecule has 0 aromatic heterocycles. The first-order valence-corrected chi connectivity index (χ1v) is 7.18. The van der Waals surface area contributed by atoms with Crippen LogP contribution in [-0.4, -0.2) is 29.7 Å². The minimum Gasteiger partial charge on any atom is -0.481 e. The summed E-state index contributed by atoms with van der Waals surface area (Å²) >= 11 is 0. The van der Waals surface area contributed by atoms with Gasteiger partial charge in [0.25, 0.3) is 0 Å². The van der Waals surface area contributed by atoms with Gasteiger partial charge < -0.3 is 15.2 Å². The van der Waals surface area contributed by atoms with Crippen LogP contribution in [0.4, 0.5) is 5.69 Å². The topological polar surface area (TPSA) is 75.6 Å². The molecule has 5 nitrogen and oxygen atoms in total. The number of rotatable bonds is 5. The molecule has 1 heterocycles. The van der Waals surface area contributed by atoms with Crippen LogP contribution in [-0.2, 0) is 14.3 Å². The van der Waals surface area contributed by atoms with Crippen LogP contribution in [0.15, 0.2) is 18.2 Å². The first kappa shape index (κ1) is 15.5. The molecule has 1 saturated heterocycles. The van der Waals surface area contributed by atoms with Crippen molar-refractivity contribution >= 4 is 17.6 Å². The van der Waals surface area contributed by atoms with Crippen LogP contribution in [0.5, 0.6) is 0 Å². The van der Waals surface area contributed by atoms with Crippen molar-refractivity contribution in [3.05, 3.63) is 29.3 Å². The first-order valence-electron chi connectivity index (χ1n) is 7.18. The number of carbonyl (C=O) groups excluding carboxylic acids is 1. The number of carboxylic acids is 1. The standard InChI is InChI=1S/C16H21NO4/c1-10-6-11(2)8-12(7-10)17-16(20)13(9-15(18)19)14-4-3-5-21-14/h6-8,13-14H,3-5,9H2,1-2H3,(H,17,20)(H,18,19). The lowest BCUT2D eigenvalue weighted by Gasteiger charge is -2.21. The third-order valence-corrected chi connectivity index (χ3v) is 3.63. The lowest BCUT2D eigenvalue weighted by molar-refractivity contribution is -0.142. The van der Waals surface area contributed by atoms with E-state index in [4.69, 9.17) is 9.84 Å². The van der Waals surface area contributed by atoms with Crippen molar-refractivity contribution in [3.63, 3.8) is 0 Å². The molecule has 0 bridgehead atoms. The molecule has 1 fully saturated rings. The van der Waals surface area contributed by atoms with Gasteiger partial charge in [-0.15, -0.1) is 0 Å². The summed E-state index contributed by atoms with van der Waals surface area (Å²) in [6.45, 7) is 4.51. The van der Waals surface area contributed by atoms with Gasteiger partial charge in [0.1, 0.15) is 0 Å². The van der Waals surface area contributed by atoms with Gasteiger partial charge >= 0.3 is 5.97 Å². The number of ether oxygens (including phenoxy) is 1. The van der Waals surface area contributed by atoms with E-state index in [1.54, 1.807) is 0 Å². The zero-order valence-corrected chi connectivity index (χ0v) is 12.4. The highest BCUT2D eigenvalue weighted by atomic mass is 16.5. The fraction of sp³-hybridized carbons (Fsp3) is 0.500. The van der Waals surface area contributed by atoms with Gasteiger partial charge in [-0.05, 0) is 49.9 Å². The molecule has 2 unspecified atom stereocenters. The number of aryl methyl sites for hydroxylation is 2. The zero-order valence-electron chi connectivity index (χ0n) is 12.4. The van der Waals surface area contributed by atoms with E-state index in [-0.39, 0.29) is 18.4 Å². The highest BCUT2D eigenvalue weighted by Gasteiger charge is 2.33. The molecule has 2 atom stereocenters. The average molecular weight is 291 g/mol. The Hall–Kier alpha value is -1.88. The average Bonchev–Trinajstić information content (AvgIpc) is 2.87. The number of carbonyl (C=O) groups is 2. The fourth-order valence-corrected chi connectivity index (χ4v) is 2.78. The minimum absolute atomic E-state index is 0.207. The van der Waals surface area contributed by atoms with Gasteiger partial charge in [0.2, 0.25) is 5.91 Å². The van der Waals surface area contributed by atoms with Gasteiger partial charge in [0.15, 0.2) is 0 Å². The van der Waals surface area contributed by atoms with E-state index >= 15 is 0 Å². The number of amides is 1. The maximum Gasteiger partial charge on any atom is 0.304 e. The molecule has 0 radical (unpaired) electrons. The zero-order chi connectivity index (χ0) is 15.4. The second-order valence-electron chi connectivity index (χ2n) is 5.62. The predicted octanol–water partition coefficient (Wildman–Crippen LogP) is 2.51. The van der Waals surface area contributed by atoms with Crippen molar-refractivity contribution in [3.8, 4) is 0 Å². The molecule has 1 aromatic carbocycles. The first-order chi connectivity index (χ1) is 9.95. The lowest BCUT2D eigenvalue weighted by atomic mass is 9.95. The number of nitrogens with one attached hydrogen (secondary N) is 1. The molecular formula is C16H21NO4. The van der Waals surface area contributed by atoms with Crippen LogP contribution < -0.4 is 5.32 Å². The molecule has 2 rings (SSSR count). The third kappa shape index (κ3) is 4.29. The van der Waals surface area contributed by atoms with Crippen molar-refractivity contribution in [2.75, 3.05) is 11.9 Å². The number of carboxylic acid groups (broad SMARTS) is 1. The number of hydrogen-bond donors (Lipinski definition) is 2. The van der Waals surface area contributed by atoms with Crippen molar-refractivity contribution in [1.29, 1.82) is 0 Å². The Morgan fingerprint density at radius 2 is 2.00 bits per heavy atom. The summed E-state index contributed by atoms with van der Waals surface area (Å²) in [6.07, 6.45) is 1.10. The SMILES string of the molecule is Cc1cc(C)cc(NC(=O)C(CC(=O)O)C2CCCO2)c1. The molecule has 0 saturated carbocycles. The molecule has 0 spiro atoms. The molecule has 0 aliphatic carbocycles. The summed E-state index contributed by atoms with van der Waals surface area (Å²) in [5.41, 5.74) is 2.81. The summed E-state index contributed by atoms with van der Waals surface area (Å²) in [7, 11) is 0. The van der Waals surface area contributed by atoms with Gasteiger partial charge in [-0.25, -0.2) is 0 Å². The fourth-order valence-electron chi connectivity index (χ4n) is 2.78. The molecule has 1 aromatic rings. The summed E-state index contributed by atoms with van der Waals surface area (Å²) < 4.78 is 5.50. The number of benzene rings is 1. The highest BCUT2D eigenvalue weighted by Crippen LogP contribution is 2.25. The summed E-state index contributed by atoms with van der Waals surface area (Å²) in [5, 5.41) is 11.8. The van der Waals surface area contributed by atoms with Gasteiger partial charge in [-0.1, -0.05) is 6.07 Å². The molecule has 1 amide bonds.